The van der Waals surface area contributed by atoms with E-state index in [1.165, 1.54) is 7.11 Å². The van der Waals surface area contributed by atoms with E-state index >= 15 is 0 Å². The number of nitrogens with one attached hydrogen (secondary N) is 1. The molecule has 0 radical (unpaired) electrons. The second-order valence-corrected chi connectivity index (χ2v) is 7.69. The van der Waals surface area contributed by atoms with Crippen LogP contribution in [0.2, 0.25) is 5.02 Å². The summed E-state index contributed by atoms with van der Waals surface area (Å²) in [5, 5.41) is 4.20. The van der Waals surface area contributed by atoms with E-state index in [2.05, 4.69) is 10.1 Å². The standard InChI is InChI=1S/C23H23ClN2O4/c1-14(2)10-22(27)25-17-8-9-19-18(11-17)21(30-13-23(28)29-3)12-20(26-19)15-4-6-16(24)7-5-15/h4-9,11-12,14H,10,13H2,1-3H3,(H,25,27). The van der Waals surface area contributed by atoms with E-state index in [9.17, 15) is 9.59 Å². The highest BCUT2D eigenvalue weighted by Crippen LogP contribution is 2.32. The van der Waals surface area contributed by atoms with Crippen molar-refractivity contribution in [2.45, 2.75) is 20.3 Å². The van der Waals surface area contributed by atoms with Gasteiger partial charge in [-0.2, -0.15) is 0 Å². The molecule has 30 heavy (non-hydrogen) atoms. The van der Waals surface area contributed by atoms with Crippen LogP contribution in [0.1, 0.15) is 20.3 Å². The van der Waals surface area contributed by atoms with Crippen molar-refractivity contribution in [2.75, 3.05) is 19.0 Å². The Morgan fingerprint density at radius 2 is 1.83 bits per heavy atom. The Bertz CT molecular complexity index is 1060. The first-order valence-corrected chi connectivity index (χ1v) is 9.93. The van der Waals surface area contributed by atoms with Crippen LogP contribution in [0.5, 0.6) is 5.75 Å². The minimum atomic E-state index is -0.491. The van der Waals surface area contributed by atoms with Crippen molar-refractivity contribution in [1.29, 1.82) is 0 Å². The largest absolute Gasteiger partial charge is 0.481 e. The number of aromatic nitrogens is 1. The molecular formula is C23H23ClN2O4. The van der Waals surface area contributed by atoms with E-state index in [1.807, 2.05) is 32.0 Å². The summed E-state index contributed by atoms with van der Waals surface area (Å²) < 4.78 is 10.4. The molecule has 7 heteroatoms. The smallest absolute Gasteiger partial charge is 0.343 e. The first-order chi connectivity index (χ1) is 14.4. The number of anilines is 1. The van der Waals surface area contributed by atoms with E-state index in [-0.39, 0.29) is 18.4 Å². The van der Waals surface area contributed by atoms with E-state index in [0.717, 1.165) is 5.56 Å². The number of rotatable bonds is 7. The quantitative estimate of drug-likeness (QED) is 0.532. The molecule has 1 amide bonds. The fourth-order valence-electron chi connectivity index (χ4n) is 2.94. The molecule has 0 atom stereocenters. The molecule has 0 bridgehead atoms. The van der Waals surface area contributed by atoms with Gasteiger partial charge in [-0.3, -0.25) is 4.79 Å². The van der Waals surface area contributed by atoms with Gasteiger partial charge >= 0.3 is 5.97 Å². The number of ether oxygens (including phenoxy) is 2. The van der Waals surface area contributed by atoms with Crippen molar-refractivity contribution in [3.05, 3.63) is 53.6 Å². The van der Waals surface area contributed by atoms with Crippen molar-refractivity contribution in [3.8, 4) is 17.0 Å². The van der Waals surface area contributed by atoms with Gasteiger partial charge in [0.05, 0.1) is 18.3 Å². The monoisotopic (exact) mass is 426 g/mol. The fraction of sp³-hybridized carbons (Fsp3) is 0.261. The van der Waals surface area contributed by atoms with Crippen molar-refractivity contribution in [3.63, 3.8) is 0 Å². The molecule has 0 unspecified atom stereocenters. The number of esters is 1. The van der Waals surface area contributed by atoms with Crippen LogP contribution in [0.25, 0.3) is 22.2 Å². The number of benzene rings is 2. The van der Waals surface area contributed by atoms with Gasteiger partial charge in [0.2, 0.25) is 5.91 Å². The van der Waals surface area contributed by atoms with E-state index in [4.69, 9.17) is 21.3 Å². The minimum Gasteiger partial charge on any atom is -0.481 e. The highest BCUT2D eigenvalue weighted by Gasteiger charge is 2.13. The predicted molar refractivity (Wildman–Crippen MR) is 118 cm³/mol. The number of methoxy groups -OCH3 is 1. The summed E-state index contributed by atoms with van der Waals surface area (Å²) in [5.74, 6) is 0.171. The molecule has 0 saturated heterocycles. The van der Waals surface area contributed by atoms with E-state index in [1.54, 1.807) is 30.3 Å². The van der Waals surface area contributed by atoms with Gasteiger partial charge in [0.15, 0.2) is 6.61 Å². The fourth-order valence-corrected chi connectivity index (χ4v) is 3.06. The third-order valence-electron chi connectivity index (χ3n) is 4.36. The van der Waals surface area contributed by atoms with Gasteiger partial charge in [0.25, 0.3) is 0 Å². The van der Waals surface area contributed by atoms with Crippen LogP contribution in [-0.2, 0) is 14.3 Å². The van der Waals surface area contributed by atoms with Crippen molar-refractivity contribution in [2.24, 2.45) is 5.92 Å². The summed E-state index contributed by atoms with van der Waals surface area (Å²) in [4.78, 5) is 28.4. The zero-order valence-corrected chi connectivity index (χ0v) is 17.8. The number of carbonyl (C=O) groups excluding carboxylic acids is 2. The zero-order valence-electron chi connectivity index (χ0n) is 17.1. The molecule has 0 aliphatic rings. The van der Waals surface area contributed by atoms with Gasteiger partial charge in [-0.25, -0.2) is 9.78 Å². The van der Waals surface area contributed by atoms with E-state index < -0.39 is 5.97 Å². The van der Waals surface area contributed by atoms with Crippen LogP contribution in [0, 0.1) is 5.92 Å². The molecule has 0 saturated carbocycles. The van der Waals surface area contributed by atoms with Crippen molar-refractivity contribution in [1.82, 2.24) is 4.98 Å². The van der Waals surface area contributed by atoms with Gasteiger partial charge < -0.3 is 14.8 Å². The molecule has 0 aliphatic heterocycles. The normalized spacial score (nSPS) is 10.8. The molecule has 1 N–H and O–H groups in total. The molecule has 0 aliphatic carbocycles. The predicted octanol–water partition coefficient (Wildman–Crippen LogP) is 5.09. The number of nitrogens with zero attached hydrogens (tertiary/aromatic N) is 1. The van der Waals surface area contributed by atoms with Crippen molar-refractivity contribution >= 4 is 40.1 Å². The Morgan fingerprint density at radius 3 is 2.50 bits per heavy atom. The summed E-state index contributed by atoms with van der Waals surface area (Å²) in [7, 11) is 1.30. The third-order valence-corrected chi connectivity index (χ3v) is 4.61. The van der Waals surface area contributed by atoms with Crippen LogP contribution < -0.4 is 10.1 Å². The molecule has 1 heterocycles. The Hall–Kier alpha value is -3.12. The second-order valence-electron chi connectivity index (χ2n) is 7.26. The number of carbonyl (C=O) groups is 2. The number of halogens is 1. The summed E-state index contributed by atoms with van der Waals surface area (Å²) in [5.41, 5.74) is 2.84. The second kappa shape index (κ2) is 9.59. The Kier molecular flexibility index (Phi) is 6.90. The zero-order chi connectivity index (χ0) is 21.7. The maximum Gasteiger partial charge on any atom is 0.343 e. The van der Waals surface area contributed by atoms with Gasteiger partial charge in [-0.05, 0) is 36.2 Å². The maximum absolute atomic E-state index is 12.1. The number of hydrogen-bond acceptors (Lipinski definition) is 5. The number of amides is 1. The lowest BCUT2D eigenvalue weighted by Gasteiger charge is -2.13. The Balaban J connectivity index is 2.01. The van der Waals surface area contributed by atoms with Crippen LogP contribution in [0.4, 0.5) is 5.69 Å². The highest BCUT2D eigenvalue weighted by molar-refractivity contribution is 6.30. The van der Waals surface area contributed by atoms with Crippen LogP contribution >= 0.6 is 11.6 Å². The highest BCUT2D eigenvalue weighted by atomic mass is 35.5. The molecule has 1 aromatic heterocycles. The van der Waals surface area contributed by atoms with Crippen molar-refractivity contribution < 1.29 is 19.1 Å². The summed E-state index contributed by atoms with van der Waals surface area (Å²) in [6.07, 6.45) is 0.428. The number of fused-ring (bicyclic) bond motifs is 1. The molecule has 0 fully saturated rings. The molecule has 2 aromatic carbocycles. The first-order valence-electron chi connectivity index (χ1n) is 9.56. The summed E-state index contributed by atoms with van der Waals surface area (Å²) in [6, 6.07) is 14.4. The lowest BCUT2D eigenvalue weighted by molar-refractivity contribution is -0.142. The molecule has 6 nitrogen and oxygen atoms in total. The Labute approximate surface area is 180 Å². The molecule has 3 rings (SSSR count). The molecular weight excluding hydrogens is 404 g/mol. The average Bonchev–Trinajstić information content (AvgIpc) is 2.71. The topological polar surface area (TPSA) is 77.5 Å². The maximum atomic E-state index is 12.1. The molecule has 156 valence electrons. The first kappa shape index (κ1) is 21.6. The van der Waals surface area contributed by atoms with Gasteiger partial charge in [-0.15, -0.1) is 0 Å². The van der Waals surface area contributed by atoms with Crippen LogP contribution in [0.15, 0.2) is 48.5 Å². The van der Waals surface area contributed by atoms with E-state index in [0.29, 0.717) is 39.5 Å². The number of hydrogen-bond donors (Lipinski definition) is 1. The third kappa shape index (κ3) is 5.48. The molecule has 3 aromatic rings. The van der Waals surface area contributed by atoms with Crippen LogP contribution in [-0.4, -0.2) is 30.6 Å². The van der Waals surface area contributed by atoms with Gasteiger partial charge in [0, 0.05) is 34.1 Å². The Morgan fingerprint density at radius 1 is 1.10 bits per heavy atom. The van der Waals surface area contributed by atoms with Gasteiger partial charge in [-0.1, -0.05) is 37.6 Å². The summed E-state index contributed by atoms with van der Waals surface area (Å²) in [6.45, 7) is 3.74. The lowest BCUT2D eigenvalue weighted by Crippen LogP contribution is -2.14. The lowest BCUT2D eigenvalue weighted by atomic mass is 10.1. The number of pyridine rings is 1. The molecule has 0 spiro atoms. The summed E-state index contributed by atoms with van der Waals surface area (Å²) >= 11 is 5.99. The SMILES string of the molecule is COC(=O)COc1cc(-c2ccc(Cl)cc2)nc2ccc(NC(=O)CC(C)C)cc12. The van der Waals surface area contributed by atoms with Crippen LogP contribution in [0.3, 0.4) is 0 Å². The average molecular weight is 427 g/mol. The minimum absolute atomic E-state index is 0.0628. The van der Waals surface area contributed by atoms with Gasteiger partial charge in [0.1, 0.15) is 5.75 Å².